The molecule has 0 saturated heterocycles. The van der Waals surface area contributed by atoms with Crippen LogP contribution in [0.15, 0.2) is 29.2 Å². The fraction of sp³-hybridized carbons (Fsp3) is 0.385. The largest absolute Gasteiger partial charge is 0.389 e. The van der Waals surface area contributed by atoms with Gasteiger partial charge in [-0.05, 0) is 18.6 Å². The Labute approximate surface area is 130 Å². The Hall–Kier alpha value is -1.51. The van der Waals surface area contributed by atoms with Crippen molar-refractivity contribution >= 4 is 33.1 Å². The highest BCUT2D eigenvalue weighted by molar-refractivity contribution is 7.89. The number of carbonyl (C=O) groups is 1. The zero-order valence-electron chi connectivity index (χ0n) is 12.0. The number of carbonyl (C=O) groups excluding carboxylic acids is 1. The highest BCUT2D eigenvalue weighted by Crippen LogP contribution is 2.15. The molecule has 0 fully saturated rings. The molecule has 0 aromatic heterocycles. The topological polar surface area (TPSA) is 92.5 Å². The number of benzene rings is 1. The summed E-state index contributed by atoms with van der Waals surface area (Å²) in [4.78, 5) is 11.8. The lowest BCUT2D eigenvalue weighted by Crippen LogP contribution is -2.38. The van der Waals surface area contributed by atoms with Gasteiger partial charge < -0.3 is 11.1 Å². The van der Waals surface area contributed by atoms with Crippen molar-refractivity contribution in [1.82, 2.24) is 9.62 Å². The first kappa shape index (κ1) is 17.5. The van der Waals surface area contributed by atoms with Crippen molar-refractivity contribution in [2.24, 2.45) is 5.73 Å². The van der Waals surface area contributed by atoms with Gasteiger partial charge in [-0.3, -0.25) is 4.79 Å². The highest BCUT2D eigenvalue weighted by atomic mass is 32.2. The monoisotopic (exact) mass is 329 g/mol. The average Bonchev–Trinajstić information content (AvgIpc) is 2.45. The quantitative estimate of drug-likeness (QED) is 0.709. The standard InChI is InChI=1S/C13H19N3O3S2/c1-3-7-15-12(17)9-16(2)21(18,19)11-6-4-5-10(8-11)13(14)20/h4-6,8H,3,7,9H2,1-2H3,(H2,14,20)(H,15,17). The molecule has 21 heavy (non-hydrogen) atoms. The minimum atomic E-state index is -3.76. The lowest BCUT2D eigenvalue weighted by atomic mass is 10.2. The van der Waals surface area contributed by atoms with Crippen LogP contribution in [0.25, 0.3) is 0 Å². The molecule has 1 aromatic rings. The Balaban J connectivity index is 2.92. The Morgan fingerprint density at radius 3 is 2.67 bits per heavy atom. The second-order valence-corrected chi connectivity index (χ2v) is 6.99. The van der Waals surface area contributed by atoms with E-state index in [4.69, 9.17) is 18.0 Å². The summed E-state index contributed by atoms with van der Waals surface area (Å²) in [5, 5.41) is 2.63. The van der Waals surface area contributed by atoms with E-state index in [0.29, 0.717) is 12.1 Å². The summed E-state index contributed by atoms with van der Waals surface area (Å²) < 4.78 is 25.8. The third kappa shape index (κ3) is 4.76. The van der Waals surface area contributed by atoms with Crippen LogP contribution in [0, 0.1) is 0 Å². The third-order valence-corrected chi connectivity index (χ3v) is 4.80. The summed E-state index contributed by atoms with van der Waals surface area (Å²) in [6, 6.07) is 6.04. The van der Waals surface area contributed by atoms with Crippen LogP contribution >= 0.6 is 12.2 Å². The first-order chi connectivity index (χ1) is 9.78. The van der Waals surface area contributed by atoms with Crippen molar-refractivity contribution in [2.45, 2.75) is 18.2 Å². The van der Waals surface area contributed by atoms with Crippen LogP contribution in [0.4, 0.5) is 0 Å². The third-order valence-electron chi connectivity index (χ3n) is 2.77. The van der Waals surface area contributed by atoms with Crippen LogP contribution in [-0.4, -0.2) is 43.8 Å². The van der Waals surface area contributed by atoms with E-state index >= 15 is 0 Å². The molecule has 0 radical (unpaired) electrons. The molecule has 1 rings (SSSR count). The molecule has 0 spiro atoms. The summed E-state index contributed by atoms with van der Waals surface area (Å²) in [7, 11) is -2.40. The molecule has 3 N–H and O–H groups in total. The Kier molecular flexibility index (Phi) is 6.25. The van der Waals surface area contributed by atoms with Crippen LogP contribution in [0.3, 0.4) is 0 Å². The molecule has 116 valence electrons. The molecule has 1 aromatic carbocycles. The van der Waals surface area contributed by atoms with E-state index in [1.807, 2.05) is 6.92 Å². The maximum absolute atomic E-state index is 12.4. The lowest BCUT2D eigenvalue weighted by molar-refractivity contribution is -0.121. The molecule has 0 bridgehead atoms. The van der Waals surface area contributed by atoms with Gasteiger partial charge in [-0.2, -0.15) is 4.31 Å². The maximum atomic E-state index is 12.4. The SMILES string of the molecule is CCCNC(=O)CN(C)S(=O)(=O)c1cccc(C(N)=S)c1. The highest BCUT2D eigenvalue weighted by Gasteiger charge is 2.23. The number of likely N-dealkylation sites (N-methyl/N-ethyl adjacent to an activating group) is 1. The van der Waals surface area contributed by atoms with Gasteiger partial charge >= 0.3 is 0 Å². The maximum Gasteiger partial charge on any atom is 0.243 e. The van der Waals surface area contributed by atoms with Gasteiger partial charge in [-0.15, -0.1) is 0 Å². The van der Waals surface area contributed by atoms with Crippen molar-refractivity contribution in [1.29, 1.82) is 0 Å². The first-order valence-corrected chi connectivity index (χ1v) is 8.26. The van der Waals surface area contributed by atoms with Gasteiger partial charge in [0.2, 0.25) is 15.9 Å². The normalized spacial score (nSPS) is 11.4. The summed E-state index contributed by atoms with van der Waals surface area (Å²) >= 11 is 4.83. The number of hydrogen-bond donors (Lipinski definition) is 2. The zero-order valence-corrected chi connectivity index (χ0v) is 13.6. The molecule has 0 unspecified atom stereocenters. The van der Waals surface area contributed by atoms with Crippen molar-refractivity contribution in [3.8, 4) is 0 Å². The molecule has 0 aliphatic heterocycles. The van der Waals surface area contributed by atoms with Crippen molar-refractivity contribution in [3.63, 3.8) is 0 Å². The van der Waals surface area contributed by atoms with Gasteiger partial charge in [-0.1, -0.05) is 31.3 Å². The van der Waals surface area contributed by atoms with Gasteiger partial charge in [0.05, 0.1) is 11.4 Å². The zero-order chi connectivity index (χ0) is 16.0. The summed E-state index contributed by atoms with van der Waals surface area (Å²) in [5.41, 5.74) is 5.96. The molecule has 1 amide bonds. The Morgan fingerprint density at radius 2 is 2.10 bits per heavy atom. The summed E-state index contributed by atoms with van der Waals surface area (Å²) in [6.07, 6.45) is 0.790. The van der Waals surface area contributed by atoms with Crippen LogP contribution in [-0.2, 0) is 14.8 Å². The lowest BCUT2D eigenvalue weighted by Gasteiger charge is -2.17. The van der Waals surface area contributed by atoms with Gasteiger partial charge in [0.15, 0.2) is 0 Å². The molecule has 0 aliphatic rings. The van der Waals surface area contributed by atoms with Gasteiger partial charge in [-0.25, -0.2) is 8.42 Å². The Morgan fingerprint density at radius 1 is 1.43 bits per heavy atom. The van der Waals surface area contributed by atoms with Crippen LogP contribution < -0.4 is 11.1 Å². The smallest absolute Gasteiger partial charge is 0.243 e. The van der Waals surface area contributed by atoms with E-state index in [-0.39, 0.29) is 22.3 Å². The fourth-order valence-electron chi connectivity index (χ4n) is 1.60. The van der Waals surface area contributed by atoms with E-state index in [1.54, 1.807) is 12.1 Å². The minimum Gasteiger partial charge on any atom is -0.389 e. The van der Waals surface area contributed by atoms with Crippen molar-refractivity contribution < 1.29 is 13.2 Å². The van der Waals surface area contributed by atoms with Crippen LogP contribution in [0.5, 0.6) is 0 Å². The molecule has 8 heteroatoms. The number of thiocarbonyl (C=S) groups is 1. The second kappa shape index (κ2) is 7.48. The van der Waals surface area contributed by atoms with Crippen molar-refractivity contribution in [3.05, 3.63) is 29.8 Å². The fourth-order valence-corrected chi connectivity index (χ4v) is 2.90. The van der Waals surface area contributed by atoms with Crippen LogP contribution in [0.2, 0.25) is 0 Å². The molecular weight excluding hydrogens is 310 g/mol. The van der Waals surface area contributed by atoms with Gasteiger partial charge in [0.1, 0.15) is 4.99 Å². The molecule has 0 saturated carbocycles. The minimum absolute atomic E-state index is 0.0543. The van der Waals surface area contributed by atoms with Gasteiger partial charge in [0, 0.05) is 19.2 Å². The van der Waals surface area contributed by atoms with E-state index < -0.39 is 10.0 Å². The van der Waals surface area contributed by atoms with Crippen molar-refractivity contribution in [2.75, 3.05) is 20.1 Å². The molecular formula is C13H19N3O3S2. The van der Waals surface area contributed by atoms with E-state index in [0.717, 1.165) is 10.7 Å². The molecule has 0 atom stereocenters. The first-order valence-electron chi connectivity index (χ1n) is 6.42. The summed E-state index contributed by atoms with van der Waals surface area (Å²) in [5.74, 6) is -0.339. The van der Waals surface area contributed by atoms with E-state index in [9.17, 15) is 13.2 Å². The Bertz CT molecular complexity index is 629. The number of hydrogen-bond acceptors (Lipinski definition) is 4. The van der Waals surface area contributed by atoms with E-state index in [1.165, 1.54) is 19.2 Å². The second-order valence-electron chi connectivity index (χ2n) is 4.50. The molecule has 6 nitrogen and oxygen atoms in total. The number of nitrogens with zero attached hydrogens (tertiary/aromatic N) is 1. The van der Waals surface area contributed by atoms with E-state index in [2.05, 4.69) is 5.32 Å². The molecule has 0 heterocycles. The predicted octanol–water partition coefficient (Wildman–Crippen LogP) is 0.468. The number of sulfonamides is 1. The summed E-state index contributed by atoms with van der Waals surface area (Å²) in [6.45, 7) is 2.20. The number of amides is 1. The number of nitrogens with one attached hydrogen (secondary N) is 1. The predicted molar refractivity (Wildman–Crippen MR) is 85.4 cm³/mol. The average molecular weight is 329 g/mol. The number of rotatable bonds is 7. The van der Waals surface area contributed by atoms with Gasteiger partial charge in [0.25, 0.3) is 0 Å². The number of nitrogens with two attached hydrogens (primary N) is 1. The molecule has 0 aliphatic carbocycles. The van der Waals surface area contributed by atoms with Crippen LogP contribution in [0.1, 0.15) is 18.9 Å².